The summed E-state index contributed by atoms with van der Waals surface area (Å²) in [5, 5.41) is 0. The van der Waals surface area contributed by atoms with E-state index in [1.54, 1.807) is 18.4 Å². The van der Waals surface area contributed by atoms with Gasteiger partial charge in [0, 0.05) is 54.4 Å². The second-order valence-corrected chi connectivity index (χ2v) is 8.58. The third-order valence-corrected chi connectivity index (χ3v) is 6.83. The van der Waals surface area contributed by atoms with Crippen LogP contribution in [0.25, 0.3) is 0 Å². The molecule has 148 valence electrons. The monoisotopic (exact) mass is 388 g/mol. The maximum absolute atomic E-state index is 5.55. The zero-order valence-corrected chi connectivity index (χ0v) is 18.1. The number of aromatic nitrogens is 2. The van der Waals surface area contributed by atoms with E-state index in [2.05, 4.69) is 47.6 Å². The number of hydrogen-bond donors (Lipinski definition) is 0. The van der Waals surface area contributed by atoms with Crippen LogP contribution < -0.4 is 4.74 Å². The normalized spacial score (nSPS) is 16.2. The first-order valence-corrected chi connectivity index (χ1v) is 10.7. The van der Waals surface area contributed by atoms with Crippen LogP contribution in [-0.4, -0.2) is 59.6 Å². The molecule has 1 fully saturated rings. The van der Waals surface area contributed by atoms with Gasteiger partial charge in [-0.05, 0) is 47.1 Å². The summed E-state index contributed by atoms with van der Waals surface area (Å²) >= 11 is 1.78. The fourth-order valence-electron chi connectivity index (χ4n) is 3.99. The van der Waals surface area contributed by atoms with Gasteiger partial charge in [0.1, 0.15) is 5.75 Å². The molecule has 27 heavy (non-hydrogen) atoms. The van der Waals surface area contributed by atoms with Crippen LogP contribution in [0.5, 0.6) is 5.75 Å². The van der Waals surface area contributed by atoms with Crippen molar-refractivity contribution in [2.24, 2.45) is 0 Å². The Morgan fingerprint density at radius 1 is 1.22 bits per heavy atom. The minimum atomic E-state index is 0.677. The van der Waals surface area contributed by atoms with Crippen molar-refractivity contribution in [2.75, 3.05) is 33.8 Å². The molecule has 0 atom stereocenters. The molecule has 0 aliphatic carbocycles. The van der Waals surface area contributed by atoms with E-state index < -0.39 is 0 Å². The van der Waals surface area contributed by atoms with Crippen molar-refractivity contribution in [3.8, 4) is 5.75 Å². The van der Waals surface area contributed by atoms with E-state index in [4.69, 9.17) is 4.74 Å². The molecule has 1 aliphatic rings. The summed E-state index contributed by atoms with van der Waals surface area (Å²) in [6, 6.07) is 0.677. The number of ether oxygens (including phenoxy) is 1. The Morgan fingerprint density at radius 3 is 2.59 bits per heavy atom. The first kappa shape index (κ1) is 20.2. The third-order valence-electron chi connectivity index (χ3n) is 5.84. The highest BCUT2D eigenvalue weighted by Gasteiger charge is 2.23. The lowest BCUT2D eigenvalue weighted by atomic mass is 10.0. The first-order chi connectivity index (χ1) is 13.0. The van der Waals surface area contributed by atoms with Crippen LogP contribution in [-0.2, 0) is 13.0 Å². The van der Waals surface area contributed by atoms with Crippen LogP contribution in [0.15, 0.2) is 11.7 Å². The van der Waals surface area contributed by atoms with E-state index in [0.717, 1.165) is 49.6 Å². The van der Waals surface area contributed by atoms with Gasteiger partial charge < -0.3 is 9.64 Å². The van der Waals surface area contributed by atoms with E-state index >= 15 is 0 Å². The predicted molar refractivity (Wildman–Crippen MR) is 112 cm³/mol. The molecule has 2 aromatic rings. The van der Waals surface area contributed by atoms with E-state index in [9.17, 15) is 0 Å². The average molecular weight is 389 g/mol. The summed E-state index contributed by atoms with van der Waals surface area (Å²) in [7, 11) is 4.02. The molecule has 3 heterocycles. The van der Waals surface area contributed by atoms with Crippen molar-refractivity contribution in [1.29, 1.82) is 0 Å². The van der Waals surface area contributed by atoms with Gasteiger partial charge in [-0.3, -0.25) is 9.88 Å². The number of rotatable bonds is 7. The Hall–Kier alpha value is -1.50. The highest BCUT2D eigenvalue weighted by atomic mass is 32.1. The van der Waals surface area contributed by atoms with Crippen molar-refractivity contribution < 1.29 is 4.74 Å². The lowest BCUT2D eigenvalue weighted by molar-refractivity contribution is 0.123. The van der Waals surface area contributed by atoms with Crippen LogP contribution in [0.4, 0.5) is 0 Å². The molecule has 5 nitrogen and oxygen atoms in total. The van der Waals surface area contributed by atoms with E-state index in [1.165, 1.54) is 29.0 Å². The molecule has 0 saturated carbocycles. The number of aryl methyl sites for hydroxylation is 2. The maximum atomic E-state index is 5.55. The summed E-state index contributed by atoms with van der Waals surface area (Å²) in [5.41, 5.74) is 6.58. The highest BCUT2D eigenvalue weighted by molar-refractivity contribution is 7.09. The zero-order valence-electron chi connectivity index (χ0n) is 17.3. The molecule has 0 radical (unpaired) electrons. The lowest BCUT2D eigenvalue weighted by Gasteiger charge is -2.36. The van der Waals surface area contributed by atoms with Gasteiger partial charge >= 0.3 is 0 Å². The topological polar surface area (TPSA) is 41.5 Å². The fraction of sp³-hybridized carbons (Fsp3) is 0.619. The maximum Gasteiger partial charge on any atom is 0.128 e. The van der Waals surface area contributed by atoms with Gasteiger partial charge in [0.2, 0.25) is 0 Å². The summed E-state index contributed by atoms with van der Waals surface area (Å²) in [6.45, 7) is 10.6. The van der Waals surface area contributed by atoms with Gasteiger partial charge in [0.05, 0.1) is 24.0 Å². The smallest absolute Gasteiger partial charge is 0.128 e. The van der Waals surface area contributed by atoms with E-state index in [0.29, 0.717) is 6.04 Å². The predicted octanol–water partition coefficient (Wildman–Crippen LogP) is 3.61. The fourth-order valence-corrected chi connectivity index (χ4v) is 4.76. The summed E-state index contributed by atoms with van der Waals surface area (Å²) < 4.78 is 5.55. The van der Waals surface area contributed by atoms with Gasteiger partial charge in [-0.15, -0.1) is 11.3 Å². The van der Waals surface area contributed by atoms with Gasteiger partial charge in [0.15, 0.2) is 0 Å². The number of pyridine rings is 1. The van der Waals surface area contributed by atoms with Crippen molar-refractivity contribution in [2.45, 2.75) is 52.6 Å². The van der Waals surface area contributed by atoms with Gasteiger partial charge in [-0.2, -0.15) is 0 Å². The zero-order chi connectivity index (χ0) is 19.4. The first-order valence-electron chi connectivity index (χ1n) is 9.80. The van der Waals surface area contributed by atoms with Crippen LogP contribution in [0.2, 0.25) is 0 Å². The molecule has 3 rings (SSSR count). The molecule has 2 aromatic heterocycles. The molecule has 0 aromatic carbocycles. The van der Waals surface area contributed by atoms with Crippen LogP contribution in [0.3, 0.4) is 0 Å². The standard InChI is InChI=1S/C21H32N4OS/c1-15-12-22-19(16(2)21(15)26-5)13-25-10-6-18(7-11-25)24(4)9-8-20-17(3)23-14-27-20/h12,14,18H,6-11,13H2,1-5H3. The molecular weight excluding hydrogens is 356 g/mol. The molecule has 0 unspecified atom stereocenters. The lowest BCUT2D eigenvalue weighted by Crippen LogP contribution is -2.43. The minimum Gasteiger partial charge on any atom is -0.496 e. The van der Waals surface area contributed by atoms with E-state index in [1.807, 2.05) is 11.7 Å². The van der Waals surface area contributed by atoms with Crippen molar-refractivity contribution in [3.63, 3.8) is 0 Å². The highest BCUT2D eigenvalue weighted by Crippen LogP contribution is 2.26. The summed E-state index contributed by atoms with van der Waals surface area (Å²) in [6.07, 6.45) is 5.49. The number of hydrogen-bond acceptors (Lipinski definition) is 6. The van der Waals surface area contributed by atoms with Crippen molar-refractivity contribution in [3.05, 3.63) is 39.1 Å². The molecule has 0 spiro atoms. The van der Waals surface area contributed by atoms with Gasteiger partial charge in [-0.25, -0.2) is 4.98 Å². The third kappa shape index (κ3) is 4.86. The van der Waals surface area contributed by atoms with Crippen LogP contribution >= 0.6 is 11.3 Å². The number of methoxy groups -OCH3 is 1. The number of likely N-dealkylation sites (N-methyl/N-ethyl adjacent to an activating group) is 1. The number of piperidine rings is 1. The Morgan fingerprint density at radius 2 is 1.96 bits per heavy atom. The molecule has 1 aliphatic heterocycles. The van der Waals surface area contributed by atoms with Gasteiger partial charge in [-0.1, -0.05) is 0 Å². The molecule has 0 amide bonds. The second kappa shape index (κ2) is 9.13. The minimum absolute atomic E-state index is 0.677. The quantitative estimate of drug-likeness (QED) is 0.725. The Kier molecular flexibility index (Phi) is 6.84. The number of likely N-dealkylation sites (tertiary alicyclic amines) is 1. The average Bonchev–Trinajstić information content (AvgIpc) is 3.08. The Labute approximate surface area is 167 Å². The Balaban J connectivity index is 1.49. The van der Waals surface area contributed by atoms with E-state index in [-0.39, 0.29) is 0 Å². The molecule has 0 bridgehead atoms. The largest absolute Gasteiger partial charge is 0.496 e. The molecule has 1 saturated heterocycles. The molecular formula is C21H32N4OS. The molecule has 0 N–H and O–H groups in total. The van der Waals surface area contributed by atoms with Crippen molar-refractivity contribution in [1.82, 2.24) is 19.8 Å². The number of nitrogens with zero attached hydrogens (tertiary/aromatic N) is 4. The summed E-state index contributed by atoms with van der Waals surface area (Å²) in [4.78, 5) is 15.5. The van der Waals surface area contributed by atoms with Crippen molar-refractivity contribution >= 4 is 11.3 Å². The SMILES string of the molecule is COc1c(C)cnc(CN2CCC(N(C)CCc3scnc3C)CC2)c1C. The van der Waals surface area contributed by atoms with Gasteiger partial charge in [0.25, 0.3) is 0 Å². The second-order valence-electron chi connectivity index (χ2n) is 7.65. The molecule has 6 heteroatoms. The van der Waals surface area contributed by atoms with Crippen LogP contribution in [0.1, 0.15) is 40.2 Å². The number of thiazole rings is 1. The Bertz CT molecular complexity index is 753. The van der Waals surface area contributed by atoms with Crippen LogP contribution in [0, 0.1) is 20.8 Å². The summed E-state index contributed by atoms with van der Waals surface area (Å²) in [5.74, 6) is 0.980.